The zero-order valence-electron chi connectivity index (χ0n) is 8.43. The Morgan fingerprint density at radius 2 is 2.47 bits per heavy atom. The molecule has 1 aromatic heterocycles. The fourth-order valence-corrected chi connectivity index (χ4v) is 1.99. The quantitative estimate of drug-likeness (QED) is 0.800. The molecule has 0 radical (unpaired) electrons. The van der Waals surface area contributed by atoms with Crippen molar-refractivity contribution in [2.24, 2.45) is 0 Å². The Morgan fingerprint density at radius 1 is 1.73 bits per heavy atom. The standard InChI is InChI=1S/C9H13N3O2S/c1-2-6(8(13)14)10-9-11-7(12-15-9)5-3-4-5/h5-6H,2-4H2,1H3,(H,13,14)(H,10,11,12). The number of anilines is 1. The minimum atomic E-state index is -0.847. The minimum Gasteiger partial charge on any atom is -0.480 e. The maximum absolute atomic E-state index is 10.8. The molecule has 1 aromatic rings. The monoisotopic (exact) mass is 227 g/mol. The van der Waals surface area contributed by atoms with Gasteiger partial charge in [0.05, 0.1) is 0 Å². The van der Waals surface area contributed by atoms with Gasteiger partial charge < -0.3 is 10.4 Å². The van der Waals surface area contributed by atoms with E-state index in [-0.39, 0.29) is 0 Å². The molecule has 2 N–H and O–H groups in total. The van der Waals surface area contributed by atoms with Gasteiger partial charge in [0.25, 0.3) is 0 Å². The molecule has 82 valence electrons. The Bertz CT molecular complexity index is 362. The minimum absolute atomic E-state index is 0.515. The maximum atomic E-state index is 10.8. The Morgan fingerprint density at radius 3 is 3.00 bits per heavy atom. The number of aliphatic carboxylic acids is 1. The van der Waals surface area contributed by atoms with Crippen LogP contribution in [0, 0.1) is 0 Å². The van der Waals surface area contributed by atoms with Gasteiger partial charge in [0.2, 0.25) is 5.13 Å². The highest BCUT2D eigenvalue weighted by molar-refractivity contribution is 7.09. The number of carbonyl (C=O) groups is 1. The lowest BCUT2D eigenvalue weighted by Gasteiger charge is -2.09. The molecule has 0 aromatic carbocycles. The third-order valence-electron chi connectivity index (χ3n) is 2.39. The van der Waals surface area contributed by atoms with Crippen molar-refractivity contribution in [2.75, 3.05) is 5.32 Å². The molecule has 1 fully saturated rings. The van der Waals surface area contributed by atoms with Gasteiger partial charge >= 0.3 is 5.97 Å². The van der Waals surface area contributed by atoms with Crippen LogP contribution in [-0.2, 0) is 4.79 Å². The van der Waals surface area contributed by atoms with Crippen molar-refractivity contribution < 1.29 is 9.90 Å². The first-order valence-electron chi connectivity index (χ1n) is 5.03. The first-order chi connectivity index (χ1) is 7.20. The molecular formula is C9H13N3O2S. The SMILES string of the molecule is CCC(Nc1nc(C2CC2)ns1)C(=O)O. The molecule has 1 saturated carbocycles. The molecule has 5 nitrogen and oxygen atoms in total. The highest BCUT2D eigenvalue weighted by atomic mass is 32.1. The van der Waals surface area contributed by atoms with Crippen LogP contribution in [0.4, 0.5) is 5.13 Å². The van der Waals surface area contributed by atoms with E-state index in [1.54, 1.807) is 0 Å². The number of hydrogen-bond donors (Lipinski definition) is 2. The van der Waals surface area contributed by atoms with E-state index >= 15 is 0 Å². The van der Waals surface area contributed by atoms with Gasteiger partial charge in [-0.25, -0.2) is 9.78 Å². The smallest absolute Gasteiger partial charge is 0.326 e. The van der Waals surface area contributed by atoms with Crippen molar-refractivity contribution in [3.63, 3.8) is 0 Å². The predicted molar refractivity (Wildman–Crippen MR) is 57.2 cm³/mol. The molecule has 1 aliphatic rings. The average Bonchev–Trinajstić information content (AvgIpc) is 2.95. The maximum Gasteiger partial charge on any atom is 0.326 e. The Balaban J connectivity index is 1.99. The summed E-state index contributed by atoms with van der Waals surface area (Å²) < 4.78 is 4.20. The summed E-state index contributed by atoms with van der Waals surface area (Å²) >= 11 is 1.24. The van der Waals surface area contributed by atoms with E-state index in [0.29, 0.717) is 17.5 Å². The van der Waals surface area contributed by atoms with Gasteiger partial charge in [0, 0.05) is 17.5 Å². The highest BCUT2D eigenvalue weighted by Gasteiger charge is 2.28. The van der Waals surface area contributed by atoms with Gasteiger partial charge in [0.1, 0.15) is 11.9 Å². The largest absolute Gasteiger partial charge is 0.480 e. The number of aromatic nitrogens is 2. The molecule has 0 aliphatic heterocycles. The summed E-state index contributed by atoms with van der Waals surface area (Å²) in [6.45, 7) is 1.83. The zero-order chi connectivity index (χ0) is 10.8. The number of rotatable bonds is 5. The van der Waals surface area contributed by atoms with Gasteiger partial charge in [-0.3, -0.25) is 0 Å². The molecule has 15 heavy (non-hydrogen) atoms. The zero-order valence-corrected chi connectivity index (χ0v) is 9.25. The Kier molecular flexibility index (Phi) is 2.86. The topological polar surface area (TPSA) is 75.1 Å². The van der Waals surface area contributed by atoms with Gasteiger partial charge in [0.15, 0.2) is 0 Å². The van der Waals surface area contributed by atoms with Crippen molar-refractivity contribution in [3.8, 4) is 0 Å². The summed E-state index contributed by atoms with van der Waals surface area (Å²) in [5.74, 6) is 0.533. The molecule has 0 bridgehead atoms. The number of carboxylic acid groups (broad SMARTS) is 1. The van der Waals surface area contributed by atoms with E-state index in [4.69, 9.17) is 5.11 Å². The summed E-state index contributed by atoms with van der Waals surface area (Å²) in [5.41, 5.74) is 0. The molecule has 1 atom stereocenters. The normalized spacial score (nSPS) is 17.4. The van der Waals surface area contributed by atoms with Crippen molar-refractivity contribution in [1.82, 2.24) is 9.36 Å². The van der Waals surface area contributed by atoms with Crippen LogP contribution < -0.4 is 5.32 Å². The summed E-state index contributed by atoms with van der Waals surface area (Å²) in [7, 11) is 0. The van der Waals surface area contributed by atoms with Gasteiger partial charge in [-0.15, -0.1) is 0 Å². The van der Waals surface area contributed by atoms with Crippen molar-refractivity contribution >= 4 is 22.6 Å². The van der Waals surface area contributed by atoms with Crippen LogP contribution in [0.2, 0.25) is 0 Å². The predicted octanol–water partition coefficient (Wildman–Crippen LogP) is 1.69. The Labute approximate surface area is 91.7 Å². The van der Waals surface area contributed by atoms with E-state index < -0.39 is 12.0 Å². The lowest BCUT2D eigenvalue weighted by Crippen LogP contribution is -2.28. The summed E-state index contributed by atoms with van der Waals surface area (Å²) in [6.07, 6.45) is 2.85. The van der Waals surface area contributed by atoms with Gasteiger partial charge in [-0.1, -0.05) is 6.92 Å². The fourth-order valence-electron chi connectivity index (χ4n) is 1.29. The second-order valence-electron chi connectivity index (χ2n) is 3.68. The highest BCUT2D eigenvalue weighted by Crippen LogP contribution is 2.39. The van der Waals surface area contributed by atoms with Crippen LogP contribution in [0.25, 0.3) is 0 Å². The lowest BCUT2D eigenvalue weighted by molar-refractivity contribution is -0.137. The number of nitrogens with zero attached hydrogens (tertiary/aromatic N) is 2. The van der Waals surface area contributed by atoms with Crippen LogP contribution in [-0.4, -0.2) is 26.5 Å². The third-order valence-corrected chi connectivity index (χ3v) is 3.05. The number of nitrogens with one attached hydrogen (secondary N) is 1. The van der Waals surface area contributed by atoms with E-state index in [9.17, 15) is 4.79 Å². The summed E-state index contributed by atoms with van der Waals surface area (Å²) in [4.78, 5) is 15.1. The van der Waals surface area contributed by atoms with E-state index in [1.807, 2.05) is 6.92 Å². The first-order valence-corrected chi connectivity index (χ1v) is 5.81. The number of hydrogen-bond acceptors (Lipinski definition) is 5. The molecule has 0 spiro atoms. The van der Waals surface area contributed by atoms with Gasteiger partial charge in [-0.05, 0) is 19.3 Å². The molecule has 2 rings (SSSR count). The summed E-state index contributed by atoms with van der Waals surface area (Å²) in [6, 6.07) is -0.565. The molecule has 1 unspecified atom stereocenters. The number of carboxylic acids is 1. The lowest BCUT2D eigenvalue weighted by atomic mass is 10.2. The molecule has 1 aliphatic carbocycles. The molecule has 1 heterocycles. The van der Waals surface area contributed by atoms with Crippen LogP contribution >= 0.6 is 11.5 Å². The van der Waals surface area contributed by atoms with E-state index in [2.05, 4.69) is 14.7 Å². The summed E-state index contributed by atoms with van der Waals surface area (Å²) in [5, 5.41) is 12.4. The van der Waals surface area contributed by atoms with Crippen molar-refractivity contribution in [1.29, 1.82) is 0 Å². The Hall–Kier alpha value is -1.17. The first kappa shape index (κ1) is 10.4. The molecule has 0 saturated heterocycles. The van der Waals surface area contributed by atoms with Crippen LogP contribution in [0.5, 0.6) is 0 Å². The van der Waals surface area contributed by atoms with Crippen molar-refractivity contribution in [3.05, 3.63) is 5.82 Å². The van der Waals surface area contributed by atoms with E-state index in [1.165, 1.54) is 11.5 Å². The second-order valence-corrected chi connectivity index (χ2v) is 4.43. The molecular weight excluding hydrogens is 214 g/mol. The van der Waals surface area contributed by atoms with E-state index in [0.717, 1.165) is 18.7 Å². The fraction of sp³-hybridized carbons (Fsp3) is 0.667. The van der Waals surface area contributed by atoms with Gasteiger partial charge in [-0.2, -0.15) is 4.37 Å². The average molecular weight is 227 g/mol. The third kappa shape index (κ3) is 2.44. The molecule has 6 heteroatoms. The van der Waals surface area contributed by atoms with Crippen LogP contribution in [0.1, 0.15) is 37.9 Å². The van der Waals surface area contributed by atoms with Crippen LogP contribution in [0.15, 0.2) is 0 Å². The van der Waals surface area contributed by atoms with Crippen molar-refractivity contribution in [2.45, 2.75) is 38.1 Å². The van der Waals surface area contributed by atoms with Crippen LogP contribution in [0.3, 0.4) is 0 Å². The molecule has 0 amide bonds. The second kappa shape index (κ2) is 4.14.